The summed E-state index contributed by atoms with van der Waals surface area (Å²) in [5.74, 6) is -0.527. The number of rotatable bonds is 5. The maximum atomic E-state index is 13.5. The van der Waals surface area contributed by atoms with Gasteiger partial charge in [-0.05, 0) is 29.8 Å². The van der Waals surface area contributed by atoms with Gasteiger partial charge in [0.25, 0.3) is 5.91 Å². The number of hydrogen-bond donors (Lipinski definition) is 2. The van der Waals surface area contributed by atoms with Crippen LogP contribution in [0.4, 0.5) is 4.39 Å². The molecule has 0 radical (unpaired) electrons. The number of β-amino-alcohol motifs (C(OH)–C–C–N with tert-alkyl or cyclic N) is 1. The Bertz CT molecular complexity index is 742. The van der Waals surface area contributed by atoms with E-state index in [4.69, 9.17) is 4.74 Å². The molecule has 2 aromatic rings. The largest absolute Gasteiger partial charge is 0.494 e. The van der Waals surface area contributed by atoms with Gasteiger partial charge in [0.2, 0.25) is 0 Å². The number of aliphatic hydroxyl groups is 1. The second-order valence-corrected chi connectivity index (χ2v) is 6.03. The molecule has 1 aliphatic rings. The molecule has 1 amide bonds. The first kappa shape index (κ1) is 17.3. The van der Waals surface area contributed by atoms with Crippen molar-refractivity contribution in [1.29, 1.82) is 0 Å². The third-order valence-corrected chi connectivity index (χ3v) is 4.20. The average Bonchev–Trinajstić information content (AvgIpc) is 2.96. The Hall–Kier alpha value is -2.51. The van der Waals surface area contributed by atoms with Gasteiger partial charge in [0.05, 0.1) is 19.3 Å². The van der Waals surface area contributed by atoms with Crippen LogP contribution in [0.5, 0.6) is 5.75 Å². The summed E-state index contributed by atoms with van der Waals surface area (Å²) in [4.78, 5) is 18.2. The molecule has 3 rings (SSSR count). The lowest BCUT2D eigenvalue weighted by molar-refractivity contribution is 0.0883. The van der Waals surface area contributed by atoms with Gasteiger partial charge >= 0.3 is 0 Å². The summed E-state index contributed by atoms with van der Waals surface area (Å²) in [6.45, 7) is 1.45. The second kappa shape index (κ2) is 7.58. The minimum atomic E-state index is -0.671. The number of aliphatic hydroxyl groups excluding tert-OH is 1. The van der Waals surface area contributed by atoms with E-state index in [0.717, 1.165) is 5.56 Å². The van der Waals surface area contributed by atoms with Gasteiger partial charge in [-0.15, -0.1) is 0 Å². The molecule has 0 aliphatic carbocycles. The molecular weight excluding hydrogens is 325 g/mol. The molecule has 132 valence electrons. The number of halogens is 1. The van der Waals surface area contributed by atoms with Gasteiger partial charge in [0.15, 0.2) is 11.6 Å². The minimum absolute atomic E-state index is 0.192. The number of amides is 1. The number of ether oxygens (including phenoxy) is 1. The number of aromatic nitrogens is 1. The van der Waals surface area contributed by atoms with Gasteiger partial charge in [-0.25, -0.2) is 4.39 Å². The summed E-state index contributed by atoms with van der Waals surface area (Å²) in [6.07, 6.45) is 0.879. The van der Waals surface area contributed by atoms with Crippen molar-refractivity contribution in [2.75, 3.05) is 20.2 Å². The molecular formula is C18H20FN3O3. The van der Waals surface area contributed by atoms with E-state index in [9.17, 15) is 14.3 Å². The topological polar surface area (TPSA) is 74.7 Å². The fraction of sp³-hybridized carbons (Fsp3) is 0.333. The number of likely N-dealkylation sites (tertiary alicyclic amines) is 1. The summed E-state index contributed by atoms with van der Waals surface area (Å²) in [5, 5.41) is 13.0. The van der Waals surface area contributed by atoms with Crippen molar-refractivity contribution in [3.05, 3.63) is 59.7 Å². The van der Waals surface area contributed by atoms with Gasteiger partial charge in [-0.1, -0.05) is 12.1 Å². The average molecular weight is 345 g/mol. The van der Waals surface area contributed by atoms with Crippen LogP contribution in [0, 0.1) is 5.82 Å². The zero-order chi connectivity index (χ0) is 17.8. The van der Waals surface area contributed by atoms with Crippen LogP contribution >= 0.6 is 0 Å². The number of benzene rings is 1. The minimum Gasteiger partial charge on any atom is -0.494 e. The predicted octanol–water partition coefficient (Wildman–Crippen LogP) is 1.20. The third-order valence-electron chi connectivity index (χ3n) is 4.20. The molecule has 7 heteroatoms. The molecule has 0 saturated carbocycles. The lowest BCUT2D eigenvalue weighted by Crippen LogP contribution is -2.43. The lowest BCUT2D eigenvalue weighted by Gasteiger charge is -2.17. The van der Waals surface area contributed by atoms with E-state index in [1.54, 1.807) is 36.5 Å². The highest BCUT2D eigenvalue weighted by Crippen LogP contribution is 2.21. The molecule has 6 nitrogen and oxygen atoms in total. The second-order valence-electron chi connectivity index (χ2n) is 6.03. The zero-order valence-electron chi connectivity index (χ0n) is 13.9. The van der Waals surface area contributed by atoms with Crippen LogP contribution in [0.15, 0.2) is 42.6 Å². The van der Waals surface area contributed by atoms with Crippen molar-refractivity contribution in [2.24, 2.45) is 0 Å². The van der Waals surface area contributed by atoms with Crippen molar-refractivity contribution in [3.8, 4) is 5.75 Å². The Morgan fingerprint density at radius 1 is 1.40 bits per heavy atom. The zero-order valence-corrected chi connectivity index (χ0v) is 13.9. The summed E-state index contributed by atoms with van der Waals surface area (Å²) in [7, 11) is 1.42. The normalized spacial score (nSPS) is 20.4. The molecule has 2 atom stereocenters. The van der Waals surface area contributed by atoms with Crippen molar-refractivity contribution in [1.82, 2.24) is 15.2 Å². The van der Waals surface area contributed by atoms with Gasteiger partial charge in [-0.2, -0.15) is 0 Å². The standard InChI is InChI=1S/C18H20FN3O3/c1-25-17-8-12(5-6-13(17)19)9-22-10-15(16(23)11-22)21-18(24)14-4-2-3-7-20-14/h2-8,15-16,23H,9-11H2,1H3,(H,21,24)/t15-,16-/m1/s1. The third kappa shape index (κ3) is 4.12. The quantitative estimate of drug-likeness (QED) is 0.852. The molecule has 1 aromatic heterocycles. The van der Waals surface area contributed by atoms with Crippen molar-refractivity contribution < 1.29 is 19.0 Å². The smallest absolute Gasteiger partial charge is 0.270 e. The lowest BCUT2D eigenvalue weighted by atomic mass is 10.2. The van der Waals surface area contributed by atoms with Crippen molar-refractivity contribution in [3.63, 3.8) is 0 Å². The summed E-state index contributed by atoms with van der Waals surface area (Å²) in [6, 6.07) is 9.41. The van der Waals surface area contributed by atoms with E-state index in [1.165, 1.54) is 13.2 Å². The van der Waals surface area contributed by atoms with Crippen LogP contribution < -0.4 is 10.1 Å². The van der Waals surface area contributed by atoms with Crippen LogP contribution in [0.25, 0.3) is 0 Å². The van der Waals surface area contributed by atoms with Crippen LogP contribution in [-0.4, -0.2) is 53.2 Å². The highest BCUT2D eigenvalue weighted by Gasteiger charge is 2.32. The molecule has 1 aliphatic heterocycles. The number of pyridine rings is 1. The number of hydrogen-bond acceptors (Lipinski definition) is 5. The SMILES string of the molecule is COc1cc(CN2C[C@@H](O)[C@H](NC(=O)c3ccccn3)C2)ccc1F. The molecule has 0 bridgehead atoms. The van der Waals surface area contributed by atoms with Crippen molar-refractivity contribution >= 4 is 5.91 Å². The number of carbonyl (C=O) groups excluding carboxylic acids is 1. The Kier molecular flexibility index (Phi) is 5.25. The summed E-state index contributed by atoms with van der Waals surface area (Å²) < 4.78 is 18.5. The Labute approximate surface area is 145 Å². The summed E-state index contributed by atoms with van der Waals surface area (Å²) in [5.41, 5.74) is 1.19. The summed E-state index contributed by atoms with van der Waals surface area (Å²) >= 11 is 0. The number of carbonyl (C=O) groups is 1. The predicted molar refractivity (Wildman–Crippen MR) is 89.7 cm³/mol. The Balaban J connectivity index is 1.60. The number of nitrogens with one attached hydrogen (secondary N) is 1. The van der Waals surface area contributed by atoms with Crippen LogP contribution in [0.3, 0.4) is 0 Å². The van der Waals surface area contributed by atoms with Crippen LogP contribution in [0.2, 0.25) is 0 Å². The highest BCUT2D eigenvalue weighted by atomic mass is 19.1. The monoisotopic (exact) mass is 345 g/mol. The van der Waals surface area contributed by atoms with Gasteiger partial charge in [0, 0.05) is 25.8 Å². The van der Waals surface area contributed by atoms with E-state index in [0.29, 0.717) is 25.3 Å². The van der Waals surface area contributed by atoms with E-state index < -0.39 is 11.9 Å². The highest BCUT2D eigenvalue weighted by molar-refractivity contribution is 5.92. The first-order valence-electron chi connectivity index (χ1n) is 8.01. The van der Waals surface area contributed by atoms with Crippen LogP contribution in [-0.2, 0) is 6.54 Å². The van der Waals surface area contributed by atoms with Gasteiger partial charge in [-0.3, -0.25) is 14.7 Å². The Morgan fingerprint density at radius 3 is 2.96 bits per heavy atom. The van der Waals surface area contributed by atoms with E-state index in [2.05, 4.69) is 10.3 Å². The molecule has 1 aromatic carbocycles. The Morgan fingerprint density at radius 2 is 2.24 bits per heavy atom. The van der Waals surface area contributed by atoms with Gasteiger partial charge < -0.3 is 15.2 Å². The molecule has 1 fully saturated rings. The number of methoxy groups -OCH3 is 1. The first-order valence-corrected chi connectivity index (χ1v) is 8.01. The molecule has 1 saturated heterocycles. The molecule has 25 heavy (non-hydrogen) atoms. The first-order chi connectivity index (χ1) is 12.1. The molecule has 0 unspecified atom stereocenters. The maximum Gasteiger partial charge on any atom is 0.270 e. The van der Waals surface area contributed by atoms with Crippen LogP contribution in [0.1, 0.15) is 16.1 Å². The molecule has 0 spiro atoms. The fourth-order valence-electron chi connectivity index (χ4n) is 2.94. The molecule has 2 N–H and O–H groups in total. The van der Waals surface area contributed by atoms with Gasteiger partial charge in [0.1, 0.15) is 5.69 Å². The maximum absolute atomic E-state index is 13.5. The van der Waals surface area contributed by atoms with E-state index >= 15 is 0 Å². The van der Waals surface area contributed by atoms with Crippen molar-refractivity contribution in [2.45, 2.75) is 18.7 Å². The van der Waals surface area contributed by atoms with E-state index in [1.807, 2.05) is 4.90 Å². The van der Waals surface area contributed by atoms with E-state index in [-0.39, 0.29) is 17.7 Å². The number of nitrogens with zero attached hydrogens (tertiary/aromatic N) is 2. The fourth-order valence-corrected chi connectivity index (χ4v) is 2.94. The molecule has 2 heterocycles.